The highest BCUT2D eigenvalue weighted by molar-refractivity contribution is 5.83. The van der Waals surface area contributed by atoms with Crippen LogP contribution in [0.1, 0.15) is 25.8 Å². The topological polar surface area (TPSA) is 74.8 Å². The number of benzene rings is 1. The van der Waals surface area contributed by atoms with Crippen molar-refractivity contribution < 1.29 is 22.6 Å². The average Bonchev–Trinajstić information content (AvgIpc) is 2.65. The van der Waals surface area contributed by atoms with Gasteiger partial charge in [-0.25, -0.2) is 4.79 Å². The van der Waals surface area contributed by atoms with Crippen molar-refractivity contribution in [2.24, 2.45) is 25.0 Å². The van der Waals surface area contributed by atoms with Gasteiger partial charge >= 0.3 is 12.1 Å². The van der Waals surface area contributed by atoms with E-state index in [1.54, 1.807) is 0 Å². The lowest BCUT2D eigenvalue weighted by Crippen LogP contribution is -2.38. The van der Waals surface area contributed by atoms with Gasteiger partial charge in [-0.2, -0.15) is 4.99 Å². The highest BCUT2D eigenvalue weighted by atomic mass is 19.4. The van der Waals surface area contributed by atoms with Crippen molar-refractivity contribution in [1.82, 2.24) is 9.13 Å². The number of aliphatic imine (C=N–C) groups is 1. The van der Waals surface area contributed by atoms with E-state index in [2.05, 4.69) is 9.73 Å². The molecule has 0 aliphatic heterocycles. The fraction of sp³-hybridized carbons (Fsp3) is 0.421. The van der Waals surface area contributed by atoms with Crippen LogP contribution in [0.15, 0.2) is 38.8 Å². The molecule has 1 aromatic heterocycles. The van der Waals surface area contributed by atoms with Gasteiger partial charge in [0, 0.05) is 26.1 Å². The molecule has 1 unspecified atom stereocenters. The predicted molar refractivity (Wildman–Crippen MR) is 102 cm³/mol. The highest BCUT2D eigenvalue weighted by Crippen LogP contribution is 2.27. The Balaban J connectivity index is 2.52. The first-order valence-corrected chi connectivity index (χ1v) is 8.83. The summed E-state index contributed by atoms with van der Waals surface area (Å²) in [5, 5.41) is 0. The average molecular weight is 413 g/mol. The summed E-state index contributed by atoms with van der Waals surface area (Å²) < 4.78 is 49.2. The molecule has 0 saturated carbocycles. The van der Waals surface area contributed by atoms with Crippen LogP contribution in [0, 0.1) is 12.8 Å². The van der Waals surface area contributed by atoms with Gasteiger partial charge in [-0.1, -0.05) is 19.9 Å². The van der Waals surface area contributed by atoms with Crippen LogP contribution in [0.2, 0.25) is 0 Å². The molecular weight excluding hydrogens is 391 g/mol. The number of ether oxygens (including phenoxy) is 2. The second kappa shape index (κ2) is 8.54. The zero-order chi connectivity index (χ0) is 21.9. The molecule has 1 heterocycles. The fourth-order valence-corrected chi connectivity index (χ4v) is 2.53. The van der Waals surface area contributed by atoms with Gasteiger partial charge in [0.25, 0.3) is 5.56 Å². The molecule has 0 aliphatic rings. The van der Waals surface area contributed by atoms with Crippen molar-refractivity contribution in [2.45, 2.75) is 33.6 Å². The number of nitrogens with zero attached hydrogens (tertiary/aromatic N) is 3. The molecule has 1 aromatic carbocycles. The Kier molecular flexibility index (Phi) is 6.55. The Morgan fingerprint density at radius 2 is 1.79 bits per heavy atom. The molecule has 10 heteroatoms. The monoisotopic (exact) mass is 413 g/mol. The van der Waals surface area contributed by atoms with Crippen LogP contribution in [0.3, 0.4) is 0 Å². The lowest BCUT2D eigenvalue weighted by molar-refractivity contribution is -0.274. The van der Waals surface area contributed by atoms with Crippen LogP contribution in [-0.2, 0) is 14.1 Å². The van der Waals surface area contributed by atoms with E-state index in [9.17, 15) is 22.8 Å². The van der Waals surface area contributed by atoms with Crippen molar-refractivity contribution in [1.29, 1.82) is 0 Å². The predicted octanol–water partition coefficient (Wildman–Crippen LogP) is 3.45. The van der Waals surface area contributed by atoms with Crippen molar-refractivity contribution in [3.05, 3.63) is 50.7 Å². The normalized spacial score (nSPS) is 13.3. The zero-order valence-corrected chi connectivity index (χ0v) is 16.7. The van der Waals surface area contributed by atoms with Crippen LogP contribution in [0.25, 0.3) is 0 Å². The van der Waals surface area contributed by atoms with E-state index >= 15 is 0 Å². The van der Waals surface area contributed by atoms with E-state index in [0.717, 1.165) is 16.7 Å². The molecule has 0 amide bonds. The van der Waals surface area contributed by atoms with Crippen LogP contribution < -0.4 is 20.7 Å². The Morgan fingerprint density at radius 1 is 1.17 bits per heavy atom. The van der Waals surface area contributed by atoms with E-state index in [1.165, 1.54) is 37.7 Å². The molecule has 158 valence electrons. The summed E-state index contributed by atoms with van der Waals surface area (Å²) in [6.07, 6.45) is -4.22. The van der Waals surface area contributed by atoms with Crippen LogP contribution >= 0.6 is 0 Å². The summed E-state index contributed by atoms with van der Waals surface area (Å²) in [7, 11) is 2.84. The molecule has 1 atom stereocenters. The Bertz CT molecular complexity index is 1000. The van der Waals surface area contributed by atoms with E-state index in [1.807, 2.05) is 13.8 Å². The molecular formula is C19H22F3N3O4. The Hall–Kier alpha value is -3.04. The summed E-state index contributed by atoms with van der Waals surface area (Å²) >= 11 is 0. The number of hydrogen-bond acceptors (Lipinski definition) is 5. The molecule has 0 bridgehead atoms. The van der Waals surface area contributed by atoms with E-state index in [0.29, 0.717) is 6.42 Å². The van der Waals surface area contributed by atoms with Gasteiger partial charge in [-0.05, 0) is 25.5 Å². The Labute approximate surface area is 165 Å². The molecule has 0 N–H and O–H groups in total. The first-order chi connectivity index (χ1) is 13.4. The molecule has 0 saturated heterocycles. The van der Waals surface area contributed by atoms with Gasteiger partial charge < -0.3 is 9.47 Å². The molecule has 29 heavy (non-hydrogen) atoms. The Morgan fingerprint density at radius 3 is 2.38 bits per heavy atom. The maximum atomic E-state index is 12.5. The molecule has 0 aliphatic carbocycles. The number of hydrogen-bond donors (Lipinski definition) is 0. The summed E-state index contributed by atoms with van der Waals surface area (Å²) in [6, 6.07) is 5.04. The summed E-state index contributed by atoms with van der Waals surface area (Å²) in [6.45, 7) is 5.22. The third-order valence-corrected chi connectivity index (χ3v) is 4.36. The molecule has 0 radical (unpaired) electrons. The summed E-state index contributed by atoms with van der Waals surface area (Å²) in [5.74, 6) is -0.312. The number of halogens is 3. The summed E-state index contributed by atoms with van der Waals surface area (Å²) in [5.41, 5.74) is -0.799. The largest absolute Gasteiger partial charge is 0.573 e. The van der Waals surface area contributed by atoms with Crippen LogP contribution in [0.4, 0.5) is 19.0 Å². The molecule has 0 spiro atoms. The minimum absolute atomic E-state index is 0.0808. The van der Waals surface area contributed by atoms with Crippen molar-refractivity contribution in [2.75, 3.05) is 0 Å². The van der Waals surface area contributed by atoms with Gasteiger partial charge in [0.1, 0.15) is 17.3 Å². The summed E-state index contributed by atoms with van der Waals surface area (Å²) in [4.78, 5) is 28.8. The van der Waals surface area contributed by atoms with Gasteiger partial charge in [0.2, 0.25) is 0 Å². The maximum Gasteiger partial charge on any atom is 0.573 e. The van der Waals surface area contributed by atoms with Gasteiger partial charge in [-0.15, -0.1) is 13.2 Å². The second-order valence-corrected chi connectivity index (χ2v) is 6.54. The first kappa shape index (κ1) is 22.3. The highest BCUT2D eigenvalue weighted by Gasteiger charge is 2.31. The third-order valence-electron chi connectivity index (χ3n) is 4.36. The quantitative estimate of drug-likeness (QED) is 0.556. The molecule has 7 nitrogen and oxygen atoms in total. The minimum Gasteiger partial charge on any atom is -0.442 e. The SMILES string of the molecule is CCC(C)C(=Nc1c(C)c(=O)n(C)c(=O)n1C)Oc1cccc(OC(F)(F)F)c1. The van der Waals surface area contributed by atoms with Gasteiger partial charge in [0.05, 0.1) is 5.56 Å². The smallest absolute Gasteiger partial charge is 0.442 e. The van der Waals surface area contributed by atoms with E-state index in [-0.39, 0.29) is 28.9 Å². The first-order valence-electron chi connectivity index (χ1n) is 8.83. The molecule has 2 rings (SSSR count). The zero-order valence-electron chi connectivity index (χ0n) is 16.7. The van der Waals surface area contributed by atoms with Gasteiger partial charge in [0.15, 0.2) is 5.90 Å². The van der Waals surface area contributed by atoms with Crippen LogP contribution in [-0.4, -0.2) is 21.4 Å². The van der Waals surface area contributed by atoms with E-state index < -0.39 is 23.4 Å². The van der Waals surface area contributed by atoms with E-state index in [4.69, 9.17) is 4.74 Å². The molecule has 2 aromatic rings. The number of alkyl halides is 3. The standard InChI is InChI=1S/C19H22F3N3O4/c1-6-11(2)16(23-15-12(3)17(26)25(5)18(27)24(15)4)28-13-8-7-9-14(10-13)29-19(20,21)22/h7-11H,6H2,1-5H3. The van der Waals surface area contributed by atoms with Crippen molar-refractivity contribution in [3.8, 4) is 11.5 Å². The van der Waals surface area contributed by atoms with Gasteiger partial charge in [-0.3, -0.25) is 13.9 Å². The number of aromatic nitrogens is 2. The van der Waals surface area contributed by atoms with Crippen LogP contribution in [0.5, 0.6) is 11.5 Å². The lowest BCUT2D eigenvalue weighted by atomic mass is 10.1. The van der Waals surface area contributed by atoms with Crippen molar-refractivity contribution in [3.63, 3.8) is 0 Å². The second-order valence-electron chi connectivity index (χ2n) is 6.54. The third kappa shape index (κ3) is 5.27. The maximum absolute atomic E-state index is 12.5. The fourth-order valence-electron chi connectivity index (χ4n) is 2.53. The molecule has 0 fully saturated rings. The minimum atomic E-state index is -4.83. The van der Waals surface area contributed by atoms with Crippen molar-refractivity contribution >= 4 is 11.7 Å². The number of rotatable bonds is 5. The lowest BCUT2D eigenvalue weighted by Gasteiger charge is -2.17.